The van der Waals surface area contributed by atoms with Crippen LogP contribution in [0.25, 0.3) is 0 Å². The van der Waals surface area contributed by atoms with Crippen molar-refractivity contribution >= 4 is 5.82 Å². The number of nitrogens with two attached hydrogens (primary N) is 1. The smallest absolute Gasteiger partial charge is 0.293 e. The highest BCUT2D eigenvalue weighted by Crippen LogP contribution is 2.13. The first kappa shape index (κ1) is 15.0. The van der Waals surface area contributed by atoms with Gasteiger partial charge < -0.3 is 19.9 Å². The van der Waals surface area contributed by atoms with E-state index in [1.165, 1.54) is 0 Å². The molecular formula is C14H24N4O2. The first-order chi connectivity index (χ1) is 9.49. The third-order valence-electron chi connectivity index (χ3n) is 3.44. The summed E-state index contributed by atoms with van der Waals surface area (Å²) in [7, 11) is 0. The molecule has 2 N–H and O–H groups in total. The molecular weight excluding hydrogens is 256 g/mol. The first-order valence-electron chi connectivity index (χ1n) is 7.16. The van der Waals surface area contributed by atoms with Crippen LogP contribution in [0.3, 0.4) is 0 Å². The molecule has 0 radical (unpaired) electrons. The molecule has 2 rings (SSSR count). The van der Waals surface area contributed by atoms with Gasteiger partial charge in [-0.25, -0.2) is 4.98 Å². The molecule has 0 spiro atoms. The normalized spacial score (nSPS) is 21.2. The summed E-state index contributed by atoms with van der Waals surface area (Å²) < 4.78 is 7.35. The number of anilines is 1. The largest absolute Gasteiger partial charge is 0.373 e. The summed E-state index contributed by atoms with van der Waals surface area (Å²) in [6.07, 6.45) is 3.38. The first-order valence-corrected chi connectivity index (χ1v) is 7.16. The molecule has 0 bridgehead atoms. The predicted molar refractivity (Wildman–Crippen MR) is 78.9 cm³/mol. The Morgan fingerprint density at radius 3 is 2.90 bits per heavy atom. The molecule has 1 aromatic heterocycles. The van der Waals surface area contributed by atoms with Crippen molar-refractivity contribution in [1.29, 1.82) is 0 Å². The molecule has 20 heavy (non-hydrogen) atoms. The Bertz CT molecular complexity index is 498. The van der Waals surface area contributed by atoms with Crippen LogP contribution < -0.4 is 16.2 Å². The van der Waals surface area contributed by atoms with E-state index in [0.29, 0.717) is 38.0 Å². The number of ether oxygens (including phenoxy) is 1. The van der Waals surface area contributed by atoms with E-state index in [-0.39, 0.29) is 17.7 Å². The lowest BCUT2D eigenvalue weighted by atomic mass is 10.1. The van der Waals surface area contributed by atoms with Gasteiger partial charge in [0.2, 0.25) is 0 Å². The monoisotopic (exact) mass is 280 g/mol. The predicted octanol–water partition coefficient (Wildman–Crippen LogP) is 0.452. The zero-order valence-corrected chi connectivity index (χ0v) is 12.5. The second kappa shape index (κ2) is 6.37. The van der Waals surface area contributed by atoms with Crippen LogP contribution in [0.15, 0.2) is 17.2 Å². The van der Waals surface area contributed by atoms with Crippen LogP contribution in [-0.4, -0.2) is 41.4 Å². The molecule has 0 aromatic carbocycles. The molecule has 1 saturated heterocycles. The van der Waals surface area contributed by atoms with E-state index in [2.05, 4.69) is 18.8 Å². The van der Waals surface area contributed by atoms with E-state index in [0.717, 1.165) is 0 Å². The lowest BCUT2D eigenvalue weighted by molar-refractivity contribution is 0.0272. The van der Waals surface area contributed by atoms with Crippen molar-refractivity contribution in [3.05, 3.63) is 22.7 Å². The van der Waals surface area contributed by atoms with Gasteiger partial charge in [-0.15, -0.1) is 0 Å². The van der Waals surface area contributed by atoms with Crippen LogP contribution in [-0.2, 0) is 11.3 Å². The Labute approximate surface area is 119 Å². The summed E-state index contributed by atoms with van der Waals surface area (Å²) in [4.78, 5) is 18.7. The lowest BCUT2D eigenvalue weighted by Crippen LogP contribution is -2.51. The molecule has 1 aliphatic rings. The van der Waals surface area contributed by atoms with Crippen molar-refractivity contribution in [2.75, 3.05) is 24.6 Å². The summed E-state index contributed by atoms with van der Waals surface area (Å²) >= 11 is 0. The molecule has 6 nitrogen and oxygen atoms in total. The summed E-state index contributed by atoms with van der Waals surface area (Å²) in [5, 5.41) is 0. The van der Waals surface area contributed by atoms with Crippen LogP contribution in [0, 0.1) is 5.92 Å². The summed E-state index contributed by atoms with van der Waals surface area (Å²) in [5.74, 6) is 0.923. The summed E-state index contributed by atoms with van der Waals surface area (Å²) in [5.41, 5.74) is 5.85. The molecule has 2 heterocycles. The number of aromatic nitrogens is 2. The van der Waals surface area contributed by atoms with Gasteiger partial charge >= 0.3 is 0 Å². The third kappa shape index (κ3) is 3.37. The number of hydrogen-bond acceptors (Lipinski definition) is 5. The molecule has 1 fully saturated rings. The van der Waals surface area contributed by atoms with Gasteiger partial charge in [0, 0.05) is 38.1 Å². The maximum atomic E-state index is 12.5. The van der Waals surface area contributed by atoms with E-state index in [4.69, 9.17) is 10.5 Å². The number of morpholine rings is 1. The fourth-order valence-corrected chi connectivity index (χ4v) is 2.38. The van der Waals surface area contributed by atoms with Crippen molar-refractivity contribution in [2.45, 2.75) is 39.5 Å². The molecule has 0 amide bonds. The number of hydrogen-bond donors (Lipinski definition) is 1. The Morgan fingerprint density at radius 2 is 2.25 bits per heavy atom. The Kier molecular flexibility index (Phi) is 4.77. The highest BCUT2D eigenvalue weighted by atomic mass is 16.5. The van der Waals surface area contributed by atoms with Crippen LogP contribution in [0.5, 0.6) is 0 Å². The fraction of sp³-hybridized carbons (Fsp3) is 0.714. The van der Waals surface area contributed by atoms with Crippen molar-refractivity contribution in [2.24, 2.45) is 11.7 Å². The van der Waals surface area contributed by atoms with Crippen molar-refractivity contribution in [3.8, 4) is 0 Å². The zero-order chi connectivity index (χ0) is 14.7. The van der Waals surface area contributed by atoms with Gasteiger partial charge in [-0.2, -0.15) is 0 Å². The van der Waals surface area contributed by atoms with Crippen LogP contribution in [0.2, 0.25) is 0 Å². The highest BCUT2D eigenvalue weighted by Gasteiger charge is 2.26. The molecule has 0 saturated carbocycles. The minimum atomic E-state index is -0.0561. The average Bonchev–Trinajstić information content (AvgIpc) is 2.41. The minimum Gasteiger partial charge on any atom is -0.373 e. The molecule has 112 valence electrons. The van der Waals surface area contributed by atoms with E-state index in [9.17, 15) is 4.79 Å². The van der Waals surface area contributed by atoms with Gasteiger partial charge in [-0.05, 0) is 12.8 Å². The molecule has 1 aliphatic heterocycles. The second-order valence-electron chi connectivity index (χ2n) is 5.82. The van der Waals surface area contributed by atoms with Gasteiger partial charge in [0.15, 0.2) is 5.82 Å². The van der Waals surface area contributed by atoms with E-state index >= 15 is 0 Å². The third-order valence-corrected chi connectivity index (χ3v) is 3.44. The van der Waals surface area contributed by atoms with Crippen molar-refractivity contribution in [1.82, 2.24) is 9.55 Å². The number of rotatable bonds is 4. The topological polar surface area (TPSA) is 73.4 Å². The highest BCUT2D eigenvalue weighted by molar-refractivity contribution is 5.36. The van der Waals surface area contributed by atoms with Crippen LogP contribution >= 0.6 is 0 Å². The molecule has 0 aliphatic carbocycles. The lowest BCUT2D eigenvalue weighted by Gasteiger charge is -2.35. The average molecular weight is 280 g/mol. The molecule has 2 unspecified atom stereocenters. The quantitative estimate of drug-likeness (QED) is 0.867. The van der Waals surface area contributed by atoms with Gasteiger partial charge in [0.1, 0.15) is 0 Å². The van der Waals surface area contributed by atoms with Gasteiger partial charge in [-0.3, -0.25) is 4.79 Å². The summed E-state index contributed by atoms with van der Waals surface area (Å²) in [6.45, 7) is 8.68. The standard InChI is InChI=1S/C14H24N4O2/c1-10(2)8-18-5-4-16-13(14(18)19)17-6-7-20-12(9-17)11(3)15/h4-5,10-12H,6-9,15H2,1-3H3. The van der Waals surface area contributed by atoms with Crippen molar-refractivity contribution < 1.29 is 4.74 Å². The van der Waals surface area contributed by atoms with Gasteiger partial charge in [-0.1, -0.05) is 13.8 Å². The van der Waals surface area contributed by atoms with Gasteiger partial charge in [0.25, 0.3) is 5.56 Å². The maximum Gasteiger partial charge on any atom is 0.293 e. The van der Waals surface area contributed by atoms with Gasteiger partial charge in [0.05, 0.1) is 12.7 Å². The van der Waals surface area contributed by atoms with E-state index in [1.807, 2.05) is 11.8 Å². The SMILES string of the molecule is CC(C)Cn1ccnc(N2CCOC(C(C)N)C2)c1=O. The second-order valence-corrected chi connectivity index (χ2v) is 5.82. The zero-order valence-electron chi connectivity index (χ0n) is 12.5. The van der Waals surface area contributed by atoms with Crippen molar-refractivity contribution in [3.63, 3.8) is 0 Å². The minimum absolute atomic E-state index is 0.0356. The Hall–Kier alpha value is -1.40. The fourth-order valence-electron chi connectivity index (χ4n) is 2.38. The maximum absolute atomic E-state index is 12.5. The van der Waals surface area contributed by atoms with E-state index in [1.54, 1.807) is 17.0 Å². The van der Waals surface area contributed by atoms with E-state index < -0.39 is 0 Å². The molecule has 2 atom stereocenters. The molecule has 1 aromatic rings. The molecule has 6 heteroatoms. The summed E-state index contributed by atoms with van der Waals surface area (Å²) in [6, 6.07) is -0.0561. The number of nitrogens with zero attached hydrogens (tertiary/aromatic N) is 3. The Morgan fingerprint density at radius 1 is 1.50 bits per heavy atom. The van der Waals surface area contributed by atoms with Crippen LogP contribution in [0.4, 0.5) is 5.82 Å². The Balaban J connectivity index is 2.22. The van der Waals surface area contributed by atoms with Crippen LogP contribution in [0.1, 0.15) is 20.8 Å².